The Morgan fingerprint density at radius 1 is 0.971 bits per heavy atom. The molecule has 0 aliphatic heterocycles. The predicted octanol–water partition coefficient (Wildman–Crippen LogP) is 3.02. The number of carbonyl (C=O) groups excluding carboxylic acids is 2. The zero-order valence-electron chi connectivity index (χ0n) is 18.9. The van der Waals surface area contributed by atoms with E-state index in [0.29, 0.717) is 28.2 Å². The number of ether oxygens (including phenoxy) is 3. The lowest BCUT2D eigenvalue weighted by atomic mass is 9.85. The highest BCUT2D eigenvalue weighted by atomic mass is 16.6. The molecule has 0 aliphatic carbocycles. The number of nitrogens with one attached hydrogen (secondary N) is 1. The van der Waals surface area contributed by atoms with Gasteiger partial charge in [-0.2, -0.15) is 5.10 Å². The summed E-state index contributed by atoms with van der Waals surface area (Å²) in [6, 6.07) is 22.2. The second kappa shape index (κ2) is 11.6. The third kappa shape index (κ3) is 5.79. The highest BCUT2D eigenvalue weighted by molar-refractivity contribution is 5.91. The van der Waals surface area contributed by atoms with Gasteiger partial charge in [-0.05, 0) is 41.8 Å². The quantitative estimate of drug-likeness (QED) is 0.273. The summed E-state index contributed by atoms with van der Waals surface area (Å²) in [4.78, 5) is 24.6. The van der Waals surface area contributed by atoms with Gasteiger partial charge >= 0.3 is 5.97 Å². The first-order valence-electron chi connectivity index (χ1n) is 10.6. The number of carbonyl (C=O) groups is 2. The minimum absolute atomic E-state index is 0.245. The van der Waals surface area contributed by atoms with Gasteiger partial charge in [0.05, 0.1) is 19.9 Å². The van der Waals surface area contributed by atoms with E-state index >= 15 is 0 Å². The lowest BCUT2D eigenvalue weighted by Gasteiger charge is -2.27. The lowest BCUT2D eigenvalue weighted by molar-refractivity contribution is -0.145. The summed E-state index contributed by atoms with van der Waals surface area (Å²) in [7, 11) is 1.47. The zero-order chi connectivity index (χ0) is 24.4. The molecule has 0 unspecified atom stereocenters. The fraction of sp³-hybridized carbons (Fsp3) is 0.192. The van der Waals surface area contributed by atoms with Crippen LogP contribution >= 0.6 is 0 Å². The minimum atomic E-state index is -1.93. The molecule has 176 valence electrons. The number of esters is 1. The van der Waals surface area contributed by atoms with E-state index in [0.717, 1.165) is 0 Å². The van der Waals surface area contributed by atoms with Crippen LogP contribution in [0.4, 0.5) is 0 Å². The number of nitrogens with zero attached hydrogens (tertiary/aromatic N) is 1. The Balaban J connectivity index is 1.75. The molecule has 3 aromatic carbocycles. The maximum absolute atomic E-state index is 13.1. The van der Waals surface area contributed by atoms with E-state index in [1.54, 1.807) is 85.8 Å². The summed E-state index contributed by atoms with van der Waals surface area (Å²) in [6.07, 6.45) is 1.41. The van der Waals surface area contributed by atoms with E-state index in [2.05, 4.69) is 10.5 Å². The number of methoxy groups -OCH3 is 1. The molecule has 0 aromatic heterocycles. The van der Waals surface area contributed by atoms with Gasteiger partial charge < -0.3 is 19.3 Å². The summed E-state index contributed by atoms with van der Waals surface area (Å²) < 4.78 is 15.6. The van der Waals surface area contributed by atoms with Gasteiger partial charge in [-0.1, -0.05) is 60.7 Å². The van der Waals surface area contributed by atoms with E-state index in [4.69, 9.17) is 14.2 Å². The molecule has 34 heavy (non-hydrogen) atoms. The van der Waals surface area contributed by atoms with Crippen LogP contribution in [0.5, 0.6) is 11.5 Å². The molecule has 0 bridgehead atoms. The molecule has 3 aromatic rings. The van der Waals surface area contributed by atoms with Crippen molar-refractivity contribution < 1.29 is 28.9 Å². The van der Waals surface area contributed by atoms with Crippen molar-refractivity contribution in [3.8, 4) is 11.5 Å². The predicted molar refractivity (Wildman–Crippen MR) is 127 cm³/mol. The molecule has 2 N–H and O–H groups in total. The number of benzene rings is 3. The summed E-state index contributed by atoms with van der Waals surface area (Å²) >= 11 is 0. The molecule has 0 radical (unpaired) electrons. The summed E-state index contributed by atoms with van der Waals surface area (Å²) in [5, 5.41) is 15.4. The Hall–Kier alpha value is -4.17. The summed E-state index contributed by atoms with van der Waals surface area (Å²) in [5.41, 5.74) is 1.93. The number of hydrazone groups is 1. The topological polar surface area (TPSA) is 106 Å². The van der Waals surface area contributed by atoms with Gasteiger partial charge in [0, 0.05) is 0 Å². The highest BCUT2D eigenvalue weighted by Crippen LogP contribution is 2.30. The number of aliphatic hydroxyl groups is 1. The van der Waals surface area contributed by atoms with Crippen molar-refractivity contribution in [2.75, 3.05) is 20.3 Å². The summed E-state index contributed by atoms with van der Waals surface area (Å²) in [6.45, 7) is 1.74. The van der Waals surface area contributed by atoms with Crippen molar-refractivity contribution in [1.29, 1.82) is 0 Å². The molecule has 0 saturated carbocycles. The van der Waals surface area contributed by atoms with Crippen LogP contribution in [-0.2, 0) is 19.9 Å². The molecule has 8 nitrogen and oxygen atoms in total. The van der Waals surface area contributed by atoms with Gasteiger partial charge in [-0.25, -0.2) is 10.2 Å². The Morgan fingerprint density at radius 3 is 2.15 bits per heavy atom. The molecule has 0 spiro atoms. The third-order valence-corrected chi connectivity index (χ3v) is 4.93. The van der Waals surface area contributed by atoms with E-state index in [1.165, 1.54) is 13.3 Å². The first-order chi connectivity index (χ1) is 16.5. The number of hydrogen-bond acceptors (Lipinski definition) is 7. The maximum Gasteiger partial charge on any atom is 0.344 e. The van der Waals surface area contributed by atoms with Crippen molar-refractivity contribution in [3.05, 3.63) is 95.6 Å². The molecule has 8 heteroatoms. The van der Waals surface area contributed by atoms with Crippen molar-refractivity contribution in [2.24, 2.45) is 5.10 Å². The summed E-state index contributed by atoms with van der Waals surface area (Å²) in [5.74, 6) is -0.450. The Kier molecular flexibility index (Phi) is 8.37. The molecule has 3 rings (SSSR count). The SMILES string of the molecule is CCOC(=O)COc1ccc(/C=N/NC(=O)C(O)(c2ccccc2)c2ccccc2)cc1OC. The van der Waals surface area contributed by atoms with Gasteiger partial charge in [0.25, 0.3) is 5.91 Å². The van der Waals surface area contributed by atoms with Crippen LogP contribution in [0, 0.1) is 0 Å². The number of rotatable bonds is 10. The smallest absolute Gasteiger partial charge is 0.344 e. The Bertz CT molecular complexity index is 1090. The van der Waals surface area contributed by atoms with Crippen LogP contribution in [0.25, 0.3) is 0 Å². The van der Waals surface area contributed by atoms with Gasteiger partial charge in [0.15, 0.2) is 23.7 Å². The average Bonchev–Trinajstić information content (AvgIpc) is 2.88. The van der Waals surface area contributed by atoms with Crippen LogP contribution in [0.1, 0.15) is 23.6 Å². The molecule has 1 amide bonds. The zero-order valence-corrected chi connectivity index (χ0v) is 18.9. The largest absolute Gasteiger partial charge is 0.493 e. The third-order valence-electron chi connectivity index (χ3n) is 4.93. The van der Waals surface area contributed by atoms with Crippen molar-refractivity contribution in [3.63, 3.8) is 0 Å². The fourth-order valence-corrected chi connectivity index (χ4v) is 3.26. The monoisotopic (exact) mass is 462 g/mol. The van der Waals surface area contributed by atoms with Crippen LogP contribution in [-0.4, -0.2) is 43.5 Å². The maximum atomic E-state index is 13.1. The van der Waals surface area contributed by atoms with Gasteiger partial charge in [-0.15, -0.1) is 0 Å². The van der Waals surface area contributed by atoms with Crippen LogP contribution in [0.3, 0.4) is 0 Å². The lowest BCUT2D eigenvalue weighted by Crippen LogP contribution is -2.43. The van der Waals surface area contributed by atoms with Gasteiger partial charge in [0.1, 0.15) is 0 Å². The average molecular weight is 463 g/mol. The Labute approximate surface area is 197 Å². The molecule has 0 aliphatic rings. The second-order valence-electron chi connectivity index (χ2n) is 7.15. The van der Waals surface area contributed by atoms with Crippen LogP contribution in [0.15, 0.2) is 84.0 Å². The Morgan fingerprint density at radius 2 is 1.59 bits per heavy atom. The van der Waals surface area contributed by atoms with Crippen LogP contribution in [0.2, 0.25) is 0 Å². The standard InChI is InChI=1S/C26H26N2O6/c1-3-33-24(29)18-34-22-15-14-19(16-23(22)32-2)17-27-28-25(30)26(31,20-10-6-4-7-11-20)21-12-8-5-9-13-21/h4-17,31H,3,18H2,1-2H3,(H,28,30)/b27-17+. The van der Waals surface area contributed by atoms with E-state index < -0.39 is 17.5 Å². The molecule has 0 saturated heterocycles. The molecular formula is C26H26N2O6. The van der Waals surface area contributed by atoms with Crippen molar-refractivity contribution >= 4 is 18.1 Å². The van der Waals surface area contributed by atoms with Crippen LogP contribution < -0.4 is 14.9 Å². The highest BCUT2D eigenvalue weighted by Gasteiger charge is 2.39. The van der Waals surface area contributed by atoms with Crippen molar-refractivity contribution in [1.82, 2.24) is 5.43 Å². The number of amides is 1. The van der Waals surface area contributed by atoms with E-state index in [1.807, 2.05) is 0 Å². The fourth-order valence-electron chi connectivity index (χ4n) is 3.26. The first kappa shape index (κ1) is 24.5. The van der Waals surface area contributed by atoms with Crippen molar-refractivity contribution in [2.45, 2.75) is 12.5 Å². The van der Waals surface area contributed by atoms with E-state index in [-0.39, 0.29) is 13.2 Å². The molecular weight excluding hydrogens is 436 g/mol. The second-order valence-corrected chi connectivity index (χ2v) is 7.15. The van der Waals surface area contributed by atoms with E-state index in [9.17, 15) is 14.7 Å². The molecule has 0 fully saturated rings. The molecule has 0 atom stereocenters. The van der Waals surface area contributed by atoms with Gasteiger partial charge in [0.2, 0.25) is 0 Å². The minimum Gasteiger partial charge on any atom is -0.493 e. The normalized spacial score (nSPS) is 11.1. The van der Waals surface area contributed by atoms with Gasteiger partial charge in [-0.3, -0.25) is 4.79 Å². The molecule has 0 heterocycles. The number of hydrogen-bond donors (Lipinski definition) is 2. The first-order valence-corrected chi connectivity index (χ1v) is 10.6.